The first-order chi connectivity index (χ1) is 28.3. The zero-order valence-corrected chi connectivity index (χ0v) is 31.2. The predicted molar refractivity (Wildman–Crippen MR) is 245 cm³/mol. The summed E-state index contributed by atoms with van der Waals surface area (Å²) in [7, 11) is 0. The lowest BCUT2D eigenvalue weighted by atomic mass is 9.86. The molecule has 0 saturated carbocycles. The van der Waals surface area contributed by atoms with Crippen molar-refractivity contribution in [3.05, 3.63) is 212 Å². The predicted octanol–water partition coefficient (Wildman–Crippen LogP) is 15.6. The van der Waals surface area contributed by atoms with Crippen molar-refractivity contribution in [3.8, 4) is 39.1 Å². The molecule has 1 heteroatoms. The molecule has 12 aromatic rings. The zero-order valence-electron chi connectivity index (χ0n) is 31.2. The van der Waals surface area contributed by atoms with Gasteiger partial charge in [0.15, 0.2) is 0 Å². The summed E-state index contributed by atoms with van der Waals surface area (Å²) in [5, 5.41) is 15.6. The van der Waals surface area contributed by atoms with Gasteiger partial charge in [-0.3, -0.25) is 0 Å². The van der Waals surface area contributed by atoms with E-state index in [1.54, 1.807) is 0 Å². The van der Waals surface area contributed by atoms with Gasteiger partial charge >= 0.3 is 0 Å². The molecular weight excluding hydrogens is 687 g/mol. The molecule has 264 valence electrons. The van der Waals surface area contributed by atoms with Crippen molar-refractivity contribution in [3.63, 3.8) is 0 Å². The maximum atomic E-state index is 2.42. The highest BCUT2D eigenvalue weighted by Gasteiger charge is 2.17. The number of rotatable bonds is 4. The number of hydrogen-bond acceptors (Lipinski definition) is 0. The third-order valence-corrected chi connectivity index (χ3v) is 12.2. The Labute approximate surface area is 330 Å². The molecule has 0 saturated heterocycles. The second-order valence-electron chi connectivity index (χ2n) is 15.2. The molecule has 0 aliphatic carbocycles. The molecule has 12 rings (SSSR count). The molecule has 0 aliphatic rings. The molecule has 0 spiro atoms. The van der Waals surface area contributed by atoms with E-state index < -0.39 is 0 Å². The third kappa shape index (κ3) is 4.89. The first-order valence-electron chi connectivity index (χ1n) is 19.8. The van der Waals surface area contributed by atoms with Crippen molar-refractivity contribution in [2.45, 2.75) is 0 Å². The summed E-state index contributed by atoms with van der Waals surface area (Å²) in [6, 6.07) is 78.1. The van der Waals surface area contributed by atoms with Gasteiger partial charge in [-0.15, -0.1) is 0 Å². The van der Waals surface area contributed by atoms with Gasteiger partial charge in [0.2, 0.25) is 0 Å². The molecule has 0 radical (unpaired) electrons. The first kappa shape index (κ1) is 31.8. The van der Waals surface area contributed by atoms with Crippen LogP contribution in [-0.4, -0.2) is 4.57 Å². The Balaban J connectivity index is 0.974. The van der Waals surface area contributed by atoms with Gasteiger partial charge in [0.1, 0.15) is 0 Å². The first-order valence-corrected chi connectivity index (χ1v) is 19.8. The van der Waals surface area contributed by atoms with Gasteiger partial charge in [-0.1, -0.05) is 176 Å². The van der Waals surface area contributed by atoms with Crippen LogP contribution in [0.3, 0.4) is 0 Å². The van der Waals surface area contributed by atoms with Crippen LogP contribution in [0, 0.1) is 0 Å². The SMILES string of the molecule is c1ccc(-c2ccc(-n3c4ccccc4c4cc(-c5ccc(-c6ccc7c8ccccc8c8c9ccccc9c9ccccc9c8c7c6)cc5)ccc43)cc2)cc1. The zero-order chi connectivity index (χ0) is 37.5. The van der Waals surface area contributed by atoms with Gasteiger partial charge < -0.3 is 4.57 Å². The maximum absolute atomic E-state index is 2.42. The normalized spacial score (nSPS) is 11.9. The lowest BCUT2D eigenvalue weighted by molar-refractivity contribution is 1.18. The van der Waals surface area contributed by atoms with E-state index in [-0.39, 0.29) is 0 Å². The number of para-hydroxylation sites is 1. The maximum Gasteiger partial charge on any atom is 0.0541 e. The van der Waals surface area contributed by atoms with Crippen LogP contribution in [0.4, 0.5) is 0 Å². The monoisotopic (exact) mass is 721 g/mol. The molecule has 1 heterocycles. The standard InChI is InChI=1S/C56H35N/c1-2-12-36(13-3-1)37-26-30-42(31-27-37)57-53-21-11-10-17-47(53)51-34-41(29-33-54(51)57)39-24-22-38(23-25-39)40-28-32-46-45-16-6-8-19-49(45)55-48-18-7-4-14-43(48)44-15-5-9-20-50(44)56(55)52(46)35-40/h1-35H. The Bertz CT molecular complexity index is 3520. The molecule has 0 atom stereocenters. The number of hydrogen-bond donors (Lipinski definition) is 0. The second kappa shape index (κ2) is 12.5. The fourth-order valence-electron chi connectivity index (χ4n) is 9.52. The highest BCUT2D eigenvalue weighted by atomic mass is 15.0. The van der Waals surface area contributed by atoms with E-state index in [9.17, 15) is 0 Å². The highest BCUT2D eigenvalue weighted by molar-refractivity contribution is 6.39. The van der Waals surface area contributed by atoms with Crippen LogP contribution in [0.2, 0.25) is 0 Å². The van der Waals surface area contributed by atoms with Gasteiger partial charge in [0, 0.05) is 16.5 Å². The average molecular weight is 722 g/mol. The molecule has 0 aliphatic heterocycles. The van der Waals surface area contributed by atoms with Gasteiger partial charge in [-0.05, 0) is 124 Å². The summed E-state index contributed by atoms with van der Waals surface area (Å²) in [6.45, 7) is 0. The molecule has 1 aromatic heterocycles. The van der Waals surface area contributed by atoms with E-state index in [1.807, 2.05) is 0 Å². The molecular formula is C56H35N. The molecule has 11 aromatic carbocycles. The summed E-state index contributed by atoms with van der Waals surface area (Å²) >= 11 is 0. The van der Waals surface area contributed by atoms with Crippen LogP contribution >= 0.6 is 0 Å². The molecule has 1 nitrogen and oxygen atoms in total. The minimum absolute atomic E-state index is 1.16. The Morgan fingerprint density at radius 3 is 1.18 bits per heavy atom. The van der Waals surface area contributed by atoms with Gasteiger partial charge in [0.25, 0.3) is 0 Å². The van der Waals surface area contributed by atoms with E-state index >= 15 is 0 Å². The van der Waals surface area contributed by atoms with Crippen molar-refractivity contribution in [2.75, 3.05) is 0 Å². The van der Waals surface area contributed by atoms with E-state index in [4.69, 9.17) is 0 Å². The summed E-state index contributed by atoms with van der Waals surface area (Å²) < 4.78 is 2.39. The smallest absolute Gasteiger partial charge is 0.0541 e. The van der Waals surface area contributed by atoms with Gasteiger partial charge in [-0.2, -0.15) is 0 Å². The average Bonchev–Trinajstić information content (AvgIpc) is 3.63. The lowest BCUT2D eigenvalue weighted by Gasteiger charge is -2.17. The highest BCUT2D eigenvalue weighted by Crippen LogP contribution is 2.45. The number of benzene rings is 11. The number of aromatic nitrogens is 1. The molecule has 0 amide bonds. The summed E-state index contributed by atoms with van der Waals surface area (Å²) in [4.78, 5) is 0. The molecule has 0 fully saturated rings. The molecule has 0 N–H and O–H groups in total. The van der Waals surface area contributed by atoms with Crippen molar-refractivity contribution < 1.29 is 0 Å². The van der Waals surface area contributed by atoms with Crippen LogP contribution in [0.25, 0.3) is 115 Å². The minimum Gasteiger partial charge on any atom is -0.309 e. The topological polar surface area (TPSA) is 4.93 Å². The minimum atomic E-state index is 1.16. The van der Waals surface area contributed by atoms with E-state index in [1.165, 1.54) is 109 Å². The van der Waals surface area contributed by atoms with Gasteiger partial charge in [-0.25, -0.2) is 0 Å². The quantitative estimate of drug-likeness (QED) is 0.160. The summed E-state index contributed by atoms with van der Waals surface area (Å²) in [5.74, 6) is 0. The Morgan fingerprint density at radius 2 is 0.579 bits per heavy atom. The van der Waals surface area contributed by atoms with Crippen LogP contribution in [0.15, 0.2) is 212 Å². The van der Waals surface area contributed by atoms with E-state index in [0.29, 0.717) is 0 Å². The Kier molecular flexibility index (Phi) is 7.00. The second-order valence-corrected chi connectivity index (χ2v) is 15.2. The number of nitrogens with zero attached hydrogens (tertiary/aromatic N) is 1. The fraction of sp³-hybridized carbons (Fsp3) is 0. The third-order valence-electron chi connectivity index (χ3n) is 12.2. The van der Waals surface area contributed by atoms with Crippen molar-refractivity contribution in [2.24, 2.45) is 0 Å². The van der Waals surface area contributed by atoms with E-state index in [2.05, 4.69) is 217 Å². The van der Waals surface area contributed by atoms with Crippen LogP contribution < -0.4 is 0 Å². The summed E-state index contributed by atoms with van der Waals surface area (Å²) in [5.41, 5.74) is 10.9. The lowest BCUT2D eigenvalue weighted by Crippen LogP contribution is -1.93. The molecule has 0 bridgehead atoms. The van der Waals surface area contributed by atoms with E-state index in [0.717, 1.165) is 5.69 Å². The van der Waals surface area contributed by atoms with Crippen molar-refractivity contribution in [1.29, 1.82) is 0 Å². The van der Waals surface area contributed by atoms with Crippen molar-refractivity contribution >= 4 is 75.7 Å². The largest absolute Gasteiger partial charge is 0.309 e. The van der Waals surface area contributed by atoms with Crippen LogP contribution in [-0.2, 0) is 0 Å². The summed E-state index contributed by atoms with van der Waals surface area (Å²) in [6.07, 6.45) is 0. The van der Waals surface area contributed by atoms with Crippen LogP contribution in [0.5, 0.6) is 0 Å². The molecule has 57 heavy (non-hydrogen) atoms. The molecule has 0 unspecified atom stereocenters. The Hall–Kier alpha value is -7.48. The fourth-order valence-corrected chi connectivity index (χ4v) is 9.52. The van der Waals surface area contributed by atoms with Crippen molar-refractivity contribution in [1.82, 2.24) is 4.57 Å². The Morgan fingerprint density at radius 1 is 0.211 bits per heavy atom. The van der Waals surface area contributed by atoms with Gasteiger partial charge in [0.05, 0.1) is 11.0 Å². The van der Waals surface area contributed by atoms with Crippen LogP contribution in [0.1, 0.15) is 0 Å². The number of fused-ring (bicyclic) bond motifs is 14.